The fourth-order valence-corrected chi connectivity index (χ4v) is 5.45. The summed E-state index contributed by atoms with van der Waals surface area (Å²) in [4.78, 5) is 42.2. The summed E-state index contributed by atoms with van der Waals surface area (Å²) in [5.74, 6) is 2.49. The molecule has 4 rings (SSSR count). The number of halogens is 2. The third kappa shape index (κ3) is 10.1. The summed E-state index contributed by atoms with van der Waals surface area (Å²) in [6, 6.07) is 18.0. The van der Waals surface area contributed by atoms with Crippen LogP contribution in [0, 0.1) is 11.6 Å². The zero-order chi connectivity index (χ0) is 33.9. The number of nitrogens with one attached hydrogen (secondary N) is 2. The number of nitrogens with two attached hydrogens (primary N) is 2. The minimum Gasteiger partial charge on any atom is -0.370 e. The zero-order valence-electron chi connectivity index (χ0n) is 26.8. The van der Waals surface area contributed by atoms with E-state index >= 15 is 0 Å². The van der Waals surface area contributed by atoms with Gasteiger partial charge in [0.15, 0.2) is 11.6 Å². The minimum atomic E-state index is -1.32. The highest BCUT2D eigenvalue weighted by molar-refractivity contribution is 5.92. The van der Waals surface area contributed by atoms with Gasteiger partial charge in [-0.25, -0.2) is 14.6 Å². The minimum absolute atomic E-state index is 0.0906. The van der Waals surface area contributed by atoms with E-state index in [4.69, 9.17) is 16.3 Å². The molecule has 12 heteroatoms. The van der Waals surface area contributed by atoms with E-state index in [1.54, 1.807) is 6.92 Å². The van der Waals surface area contributed by atoms with Crippen LogP contribution in [-0.4, -0.2) is 85.1 Å². The third-order valence-corrected chi connectivity index (χ3v) is 8.25. The lowest BCUT2D eigenvalue weighted by atomic mass is 9.98. The van der Waals surface area contributed by atoms with Crippen LogP contribution in [0.25, 0.3) is 11.1 Å². The molecule has 3 amide bonds. The topological polar surface area (TPSA) is 143 Å². The molecular formula is C35H44F2N6O4. The first kappa shape index (κ1) is 35.6. The van der Waals surface area contributed by atoms with Crippen LogP contribution in [0.4, 0.5) is 8.78 Å². The largest absolute Gasteiger partial charge is 0.370 e. The molecule has 0 bridgehead atoms. The van der Waals surface area contributed by atoms with Crippen molar-refractivity contribution in [2.45, 2.75) is 56.8 Å². The Balaban J connectivity index is 1.58. The maximum absolute atomic E-state index is 14.2. The average Bonchev–Trinajstić information content (AvgIpc) is 3.60. The number of carbonyl (C=O) groups is 3. The molecule has 47 heavy (non-hydrogen) atoms. The highest BCUT2D eigenvalue weighted by atomic mass is 19.2. The first-order valence-electron chi connectivity index (χ1n) is 15.8. The highest BCUT2D eigenvalue weighted by Gasteiger charge is 2.36. The number of ether oxygens (including phenoxy) is 1. The summed E-state index contributed by atoms with van der Waals surface area (Å²) in [7, 11) is 1.49. The maximum atomic E-state index is 14.2. The Morgan fingerprint density at radius 3 is 2.26 bits per heavy atom. The van der Waals surface area contributed by atoms with Crippen molar-refractivity contribution in [3.8, 4) is 11.1 Å². The molecule has 252 valence electrons. The molecule has 1 aliphatic rings. The third-order valence-electron chi connectivity index (χ3n) is 8.25. The van der Waals surface area contributed by atoms with E-state index in [2.05, 4.69) is 10.6 Å². The number of benzene rings is 3. The molecule has 6 N–H and O–H groups in total. The number of carbonyl (C=O) groups excluding carboxylic acids is 3. The van der Waals surface area contributed by atoms with Crippen molar-refractivity contribution in [2.75, 3.05) is 33.4 Å². The molecule has 0 aromatic heterocycles. The van der Waals surface area contributed by atoms with E-state index in [1.807, 2.05) is 54.6 Å². The fraction of sp³-hybridized carbons (Fsp3) is 0.400. The second-order valence-electron chi connectivity index (χ2n) is 12.0. The summed E-state index contributed by atoms with van der Waals surface area (Å²) >= 11 is 0. The summed E-state index contributed by atoms with van der Waals surface area (Å²) in [6.07, 6.45) is 1.87. The summed E-state index contributed by atoms with van der Waals surface area (Å²) in [5, 5.41) is 6.75. The van der Waals surface area contributed by atoms with Gasteiger partial charge in [-0.2, -0.15) is 0 Å². The smallest absolute Gasteiger partial charge is 0.260 e. The molecule has 0 unspecified atom stereocenters. The van der Waals surface area contributed by atoms with Crippen molar-refractivity contribution < 1.29 is 27.9 Å². The number of amides is 3. The van der Waals surface area contributed by atoms with E-state index < -0.39 is 41.4 Å². The Bertz CT molecular complexity index is 1490. The Morgan fingerprint density at radius 2 is 1.62 bits per heavy atom. The van der Waals surface area contributed by atoms with Gasteiger partial charge in [0.2, 0.25) is 11.8 Å². The molecule has 0 aliphatic carbocycles. The van der Waals surface area contributed by atoms with Crippen molar-refractivity contribution in [1.29, 1.82) is 0 Å². The van der Waals surface area contributed by atoms with Crippen LogP contribution in [0.1, 0.15) is 30.9 Å². The van der Waals surface area contributed by atoms with Crippen LogP contribution >= 0.6 is 0 Å². The lowest BCUT2D eigenvalue weighted by Crippen LogP contribution is -2.60. The Hall–Kier alpha value is -4.23. The fourth-order valence-electron chi connectivity index (χ4n) is 5.45. The van der Waals surface area contributed by atoms with Crippen molar-refractivity contribution in [3.63, 3.8) is 0 Å². The van der Waals surface area contributed by atoms with Gasteiger partial charge < -0.3 is 26.0 Å². The van der Waals surface area contributed by atoms with Crippen LogP contribution in [0.15, 0.2) is 72.8 Å². The van der Waals surface area contributed by atoms with Gasteiger partial charge in [-0.05, 0) is 60.7 Å². The molecule has 10 nitrogen and oxygen atoms in total. The number of hydrazine groups is 1. The standard InChI is InChI=1S/C35H44F2N6O4/c1-23(38)20-41-34(45)31(19-25-12-15-29(36)30(37)17-25)43(39)35(46)32(42(2)33(44)22-47-21-28-9-6-16-40-28)18-24-10-13-27(14-11-24)26-7-4-3-5-8-26/h3-5,7-8,10-15,17,23,28,31-32,40H,6,9,16,18-22,38-39H2,1-2H3,(H,41,45)/t23-,28+,31-,32-/m1/s1. The molecular weight excluding hydrogens is 606 g/mol. The molecule has 0 radical (unpaired) electrons. The number of rotatable bonds is 15. The van der Waals surface area contributed by atoms with Crippen LogP contribution in [-0.2, 0) is 32.0 Å². The Labute approximate surface area is 274 Å². The average molecular weight is 651 g/mol. The van der Waals surface area contributed by atoms with E-state index in [0.717, 1.165) is 53.2 Å². The Kier molecular flexibility index (Phi) is 12.9. The van der Waals surface area contributed by atoms with Gasteiger partial charge in [-0.3, -0.25) is 19.4 Å². The molecule has 1 aliphatic heterocycles. The van der Waals surface area contributed by atoms with Gasteiger partial charge >= 0.3 is 0 Å². The van der Waals surface area contributed by atoms with E-state index in [0.29, 0.717) is 6.61 Å². The molecule has 1 heterocycles. The van der Waals surface area contributed by atoms with Crippen LogP contribution in [0.3, 0.4) is 0 Å². The number of likely N-dealkylation sites (N-methyl/N-ethyl adjacent to an activating group) is 1. The monoisotopic (exact) mass is 650 g/mol. The van der Waals surface area contributed by atoms with Gasteiger partial charge in [0.1, 0.15) is 18.7 Å². The first-order valence-corrected chi connectivity index (χ1v) is 15.8. The molecule has 1 fully saturated rings. The second kappa shape index (κ2) is 17.1. The SMILES string of the molecule is C[C@@H](N)CNC(=O)[C@@H](Cc1ccc(F)c(F)c1)N(N)C(=O)[C@@H](Cc1ccc(-c2ccccc2)cc1)N(C)C(=O)COC[C@@H]1CCCN1. The van der Waals surface area contributed by atoms with Crippen molar-refractivity contribution in [2.24, 2.45) is 11.6 Å². The molecule has 0 saturated carbocycles. The molecule has 4 atom stereocenters. The van der Waals surface area contributed by atoms with E-state index in [-0.39, 0.29) is 43.6 Å². The van der Waals surface area contributed by atoms with Gasteiger partial charge in [0.25, 0.3) is 5.91 Å². The first-order chi connectivity index (χ1) is 22.5. The van der Waals surface area contributed by atoms with E-state index in [1.165, 1.54) is 18.0 Å². The van der Waals surface area contributed by atoms with Crippen LogP contribution in [0.2, 0.25) is 0 Å². The summed E-state index contributed by atoms with van der Waals surface area (Å²) < 4.78 is 33.4. The quantitative estimate of drug-likeness (QED) is 0.113. The number of hydrogen-bond donors (Lipinski definition) is 4. The molecule has 3 aromatic carbocycles. The maximum Gasteiger partial charge on any atom is 0.260 e. The molecule has 3 aromatic rings. The predicted octanol–water partition coefficient (Wildman–Crippen LogP) is 2.55. The van der Waals surface area contributed by atoms with Crippen molar-refractivity contribution in [1.82, 2.24) is 20.5 Å². The second-order valence-corrected chi connectivity index (χ2v) is 12.0. The van der Waals surface area contributed by atoms with Crippen LogP contribution < -0.4 is 22.2 Å². The lowest BCUT2D eigenvalue weighted by Gasteiger charge is -2.34. The van der Waals surface area contributed by atoms with E-state index in [9.17, 15) is 23.2 Å². The van der Waals surface area contributed by atoms with Gasteiger partial charge in [0, 0.05) is 38.5 Å². The van der Waals surface area contributed by atoms with Crippen molar-refractivity contribution >= 4 is 17.7 Å². The van der Waals surface area contributed by atoms with Crippen LogP contribution in [0.5, 0.6) is 0 Å². The summed E-state index contributed by atoms with van der Waals surface area (Å²) in [5.41, 5.74) is 8.83. The predicted molar refractivity (Wildman–Crippen MR) is 176 cm³/mol. The molecule has 0 spiro atoms. The molecule has 1 saturated heterocycles. The van der Waals surface area contributed by atoms with Gasteiger partial charge in [0.05, 0.1) is 6.61 Å². The van der Waals surface area contributed by atoms with Gasteiger partial charge in [-0.1, -0.05) is 60.7 Å². The normalized spacial score (nSPS) is 16.3. The summed E-state index contributed by atoms with van der Waals surface area (Å²) in [6.45, 7) is 2.80. The zero-order valence-corrected chi connectivity index (χ0v) is 26.8. The van der Waals surface area contributed by atoms with Gasteiger partial charge in [-0.15, -0.1) is 0 Å². The Morgan fingerprint density at radius 1 is 0.957 bits per heavy atom. The highest BCUT2D eigenvalue weighted by Crippen LogP contribution is 2.21. The number of hydrogen-bond acceptors (Lipinski definition) is 7. The lowest BCUT2D eigenvalue weighted by molar-refractivity contribution is -0.150. The van der Waals surface area contributed by atoms with Crippen molar-refractivity contribution in [3.05, 3.63) is 95.6 Å². The number of nitrogens with zero attached hydrogens (tertiary/aromatic N) is 2.